The average molecular weight is 275 g/mol. The van der Waals surface area contributed by atoms with Gasteiger partial charge in [-0.2, -0.15) is 0 Å². The van der Waals surface area contributed by atoms with Crippen molar-refractivity contribution in [1.82, 2.24) is 20.9 Å². The molecule has 110 valence electrons. The Bertz CT molecular complexity index is 157. The summed E-state index contributed by atoms with van der Waals surface area (Å²) < 4.78 is 0. The van der Waals surface area contributed by atoms with Gasteiger partial charge in [0.25, 0.3) is 0 Å². The SMILES string of the molecule is CCCNC(CCCN[SiH3])(NCCC)NCCC. The van der Waals surface area contributed by atoms with Crippen molar-refractivity contribution < 1.29 is 0 Å². The minimum absolute atomic E-state index is 0.0690. The van der Waals surface area contributed by atoms with Crippen LogP contribution in [0, 0.1) is 0 Å². The fourth-order valence-electron chi connectivity index (χ4n) is 2.00. The maximum atomic E-state index is 3.67. The molecule has 4 N–H and O–H groups in total. The first-order valence-corrected chi connectivity index (χ1v) is 8.64. The van der Waals surface area contributed by atoms with Gasteiger partial charge in [0.1, 0.15) is 5.79 Å². The van der Waals surface area contributed by atoms with E-state index in [1.807, 2.05) is 0 Å². The third kappa shape index (κ3) is 8.21. The van der Waals surface area contributed by atoms with E-state index in [4.69, 9.17) is 0 Å². The van der Waals surface area contributed by atoms with Gasteiger partial charge in [-0.25, -0.2) is 0 Å². The van der Waals surface area contributed by atoms with E-state index in [1.54, 1.807) is 0 Å². The molecule has 0 spiro atoms. The van der Waals surface area contributed by atoms with Gasteiger partial charge in [0.2, 0.25) is 0 Å². The highest BCUT2D eigenvalue weighted by atomic mass is 28.2. The number of rotatable bonds is 13. The van der Waals surface area contributed by atoms with E-state index in [9.17, 15) is 0 Å². The zero-order valence-corrected chi connectivity index (χ0v) is 14.9. The highest BCUT2D eigenvalue weighted by Crippen LogP contribution is 2.07. The Hall–Kier alpha value is 0.0569. The van der Waals surface area contributed by atoms with Gasteiger partial charge in [-0.15, -0.1) is 0 Å². The molecule has 5 heteroatoms. The fourth-order valence-corrected chi connectivity index (χ4v) is 2.35. The van der Waals surface area contributed by atoms with Gasteiger partial charge < -0.3 is 4.98 Å². The molecule has 0 aromatic rings. The molecule has 0 saturated carbocycles. The molecule has 0 unspecified atom stereocenters. The second-order valence-corrected chi connectivity index (χ2v) is 5.60. The van der Waals surface area contributed by atoms with Gasteiger partial charge >= 0.3 is 0 Å². The Morgan fingerprint density at radius 2 is 1.22 bits per heavy atom. The molecule has 0 aliphatic heterocycles. The van der Waals surface area contributed by atoms with Gasteiger partial charge in [0.15, 0.2) is 0 Å². The monoisotopic (exact) mass is 274 g/mol. The van der Waals surface area contributed by atoms with Crippen LogP contribution in [0.25, 0.3) is 0 Å². The molecular weight excluding hydrogens is 240 g/mol. The molecule has 0 aliphatic rings. The lowest BCUT2D eigenvalue weighted by atomic mass is 10.1. The van der Waals surface area contributed by atoms with Gasteiger partial charge in [0.05, 0.1) is 10.4 Å². The molecular formula is C13H34N4Si. The lowest BCUT2D eigenvalue weighted by Crippen LogP contribution is -2.67. The molecule has 0 heterocycles. The zero-order chi connectivity index (χ0) is 13.7. The second-order valence-electron chi connectivity index (χ2n) is 4.89. The van der Waals surface area contributed by atoms with Crippen molar-refractivity contribution in [2.24, 2.45) is 0 Å². The summed E-state index contributed by atoms with van der Waals surface area (Å²) in [6, 6.07) is 0. The lowest BCUT2D eigenvalue weighted by Gasteiger charge is -2.37. The van der Waals surface area contributed by atoms with Crippen molar-refractivity contribution in [3.05, 3.63) is 0 Å². The average Bonchev–Trinajstić information content (AvgIpc) is 2.40. The van der Waals surface area contributed by atoms with Crippen LogP contribution in [0.4, 0.5) is 0 Å². The van der Waals surface area contributed by atoms with Crippen molar-refractivity contribution in [2.75, 3.05) is 26.2 Å². The molecule has 0 rings (SSSR count). The fraction of sp³-hybridized carbons (Fsp3) is 1.00. The number of nitrogens with one attached hydrogen (secondary N) is 4. The van der Waals surface area contributed by atoms with Crippen LogP contribution in [0.3, 0.4) is 0 Å². The molecule has 0 amide bonds. The van der Waals surface area contributed by atoms with Crippen LogP contribution in [-0.4, -0.2) is 42.4 Å². The Morgan fingerprint density at radius 3 is 1.56 bits per heavy atom. The second kappa shape index (κ2) is 12.1. The summed E-state index contributed by atoms with van der Waals surface area (Å²) >= 11 is 0. The molecule has 0 aliphatic carbocycles. The number of hydrogen-bond acceptors (Lipinski definition) is 4. The first-order chi connectivity index (χ1) is 8.74. The van der Waals surface area contributed by atoms with Crippen LogP contribution in [0.2, 0.25) is 0 Å². The van der Waals surface area contributed by atoms with Crippen LogP contribution < -0.4 is 20.9 Å². The summed E-state index contributed by atoms with van der Waals surface area (Å²) in [5, 5.41) is 11.0. The summed E-state index contributed by atoms with van der Waals surface area (Å²) in [5.41, 5.74) is 0. The predicted octanol–water partition coefficient (Wildman–Crippen LogP) is 0.289. The molecule has 4 nitrogen and oxygen atoms in total. The molecule has 0 fully saturated rings. The lowest BCUT2D eigenvalue weighted by molar-refractivity contribution is 0.179. The van der Waals surface area contributed by atoms with Crippen molar-refractivity contribution in [2.45, 2.75) is 58.7 Å². The van der Waals surface area contributed by atoms with E-state index in [0.29, 0.717) is 0 Å². The summed E-state index contributed by atoms with van der Waals surface area (Å²) in [6.07, 6.45) is 5.84. The first kappa shape index (κ1) is 18.1. The molecule has 0 radical (unpaired) electrons. The molecule has 0 saturated heterocycles. The van der Waals surface area contributed by atoms with Crippen LogP contribution >= 0.6 is 0 Å². The normalized spacial score (nSPS) is 12.2. The summed E-state index contributed by atoms with van der Waals surface area (Å²) in [6.45, 7) is 11.0. The van der Waals surface area contributed by atoms with E-state index in [0.717, 1.165) is 43.0 Å². The Morgan fingerprint density at radius 1 is 0.778 bits per heavy atom. The van der Waals surface area contributed by atoms with E-state index in [1.165, 1.54) is 25.7 Å². The van der Waals surface area contributed by atoms with Crippen LogP contribution in [0.5, 0.6) is 0 Å². The van der Waals surface area contributed by atoms with Gasteiger partial charge in [-0.05, 0) is 58.3 Å². The summed E-state index contributed by atoms with van der Waals surface area (Å²) in [7, 11) is 1.09. The minimum atomic E-state index is -0.0690. The Balaban J connectivity index is 4.41. The van der Waals surface area contributed by atoms with E-state index < -0.39 is 0 Å². The maximum Gasteiger partial charge on any atom is 0.123 e. The minimum Gasteiger partial charge on any atom is -0.345 e. The molecule has 0 aromatic heterocycles. The van der Waals surface area contributed by atoms with Crippen LogP contribution in [-0.2, 0) is 0 Å². The summed E-state index contributed by atoms with van der Waals surface area (Å²) in [5.74, 6) is -0.0690. The van der Waals surface area contributed by atoms with Crippen molar-refractivity contribution >= 4 is 10.4 Å². The standard InChI is InChI=1S/C13H34N4Si/c1-4-9-14-13(15-10-5-2,16-11-6-3)8-7-12-17-18/h14-17H,4-12H2,1-3,18H3. The first-order valence-electron chi connectivity index (χ1n) is 7.64. The van der Waals surface area contributed by atoms with Crippen LogP contribution in [0.15, 0.2) is 0 Å². The topological polar surface area (TPSA) is 48.1 Å². The molecule has 0 atom stereocenters. The summed E-state index contributed by atoms with van der Waals surface area (Å²) in [4.78, 5) is 3.36. The molecule has 0 bridgehead atoms. The third-order valence-corrected chi connectivity index (χ3v) is 3.51. The Labute approximate surface area is 117 Å². The van der Waals surface area contributed by atoms with Crippen molar-refractivity contribution in [1.29, 1.82) is 0 Å². The van der Waals surface area contributed by atoms with Crippen molar-refractivity contribution in [3.63, 3.8) is 0 Å². The molecule has 18 heavy (non-hydrogen) atoms. The highest BCUT2D eigenvalue weighted by Gasteiger charge is 2.26. The van der Waals surface area contributed by atoms with E-state index >= 15 is 0 Å². The highest BCUT2D eigenvalue weighted by molar-refractivity contribution is 6.04. The van der Waals surface area contributed by atoms with Gasteiger partial charge in [0, 0.05) is 0 Å². The quantitative estimate of drug-likeness (QED) is 0.221. The Kier molecular flexibility index (Phi) is 12.1. The van der Waals surface area contributed by atoms with Gasteiger partial charge in [-0.3, -0.25) is 16.0 Å². The number of hydrogen-bond donors (Lipinski definition) is 4. The third-order valence-electron chi connectivity index (χ3n) is 3.01. The van der Waals surface area contributed by atoms with E-state index in [-0.39, 0.29) is 5.79 Å². The smallest absolute Gasteiger partial charge is 0.123 e. The zero-order valence-electron chi connectivity index (χ0n) is 12.9. The van der Waals surface area contributed by atoms with Crippen molar-refractivity contribution in [3.8, 4) is 0 Å². The maximum absolute atomic E-state index is 3.67. The largest absolute Gasteiger partial charge is 0.345 e. The van der Waals surface area contributed by atoms with Crippen LogP contribution in [0.1, 0.15) is 52.9 Å². The van der Waals surface area contributed by atoms with E-state index in [2.05, 4.69) is 41.7 Å². The predicted molar refractivity (Wildman–Crippen MR) is 84.8 cm³/mol. The van der Waals surface area contributed by atoms with Gasteiger partial charge in [-0.1, -0.05) is 20.8 Å². The molecule has 0 aromatic carbocycles.